The molecule has 0 bridgehead atoms. The first-order chi connectivity index (χ1) is 13.0. The Morgan fingerprint density at radius 1 is 1.48 bits per heavy atom. The Bertz CT molecular complexity index is 614. The second-order valence-electron chi connectivity index (χ2n) is 6.25. The van der Waals surface area contributed by atoms with Crippen LogP contribution >= 0.6 is 23.4 Å². The smallest absolute Gasteiger partial charge is 0.273 e. The number of pyridine rings is 1. The summed E-state index contributed by atoms with van der Waals surface area (Å²) in [6.45, 7) is 6.71. The molecule has 2 unspecified atom stereocenters. The molecule has 1 aliphatic rings. The number of carbonyl (C=O) groups is 1. The number of ether oxygens (including phenoxy) is 3. The zero-order valence-corrected chi connectivity index (χ0v) is 17.6. The van der Waals surface area contributed by atoms with Crippen molar-refractivity contribution in [3.05, 3.63) is 23.0 Å². The molecule has 0 aromatic carbocycles. The molecule has 2 rings (SSSR count). The number of halogens is 1. The second kappa shape index (κ2) is 11.2. The van der Waals surface area contributed by atoms with E-state index in [0.29, 0.717) is 28.8 Å². The van der Waals surface area contributed by atoms with Gasteiger partial charge in [0.25, 0.3) is 5.91 Å². The van der Waals surface area contributed by atoms with Gasteiger partial charge < -0.3 is 24.8 Å². The van der Waals surface area contributed by atoms with Crippen LogP contribution in [0.5, 0.6) is 0 Å². The number of hydrogen-bond donors (Lipinski definition) is 1. The first-order valence-corrected chi connectivity index (χ1v) is 10.3. The van der Waals surface area contributed by atoms with Crippen LogP contribution in [0.4, 0.5) is 0 Å². The predicted molar refractivity (Wildman–Crippen MR) is 106 cm³/mol. The van der Waals surface area contributed by atoms with Crippen LogP contribution in [0.15, 0.2) is 17.2 Å². The summed E-state index contributed by atoms with van der Waals surface area (Å²) in [4.78, 5) is 19.4. The Morgan fingerprint density at radius 2 is 2.22 bits per heavy atom. The van der Waals surface area contributed by atoms with Crippen LogP contribution < -0.4 is 5.73 Å². The number of hydrogen-bond acceptors (Lipinski definition) is 7. The van der Waals surface area contributed by atoms with E-state index in [2.05, 4.69) is 4.98 Å². The van der Waals surface area contributed by atoms with Crippen molar-refractivity contribution in [1.29, 1.82) is 0 Å². The van der Waals surface area contributed by atoms with E-state index in [4.69, 9.17) is 31.5 Å². The third-order valence-electron chi connectivity index (χ3n) is 4.17. The number of rotatable bonds is 11. The summed E-state index contributed by atoms with van der Waals surface area (Å²) in [6.07, 6.45) is 1.99. The largest absolute Gasteiger partial charge is 0.379 e. The maximum Gasteiger partial charge on any atom is 0.273 e. The van der Waals surface area contributed by atoms with Crippen LogP contribution in [0.3, 0.4) is 0 Å². The Kier molecular flexibility index (Phi) is 9.28. The van der Waals surface area contributed by atoms with Gasteiger partial charge in [-0.3, -0.25) is 4.79 Å². The van der Waals surface area contributed by atoms with Gasteiger partial charge in [0.2, 0.25) is 0 Å². The molecule has 0 aliphatic carbocycles. The lowest BCUT2D eigenvalue weighted by molar-refractivity contribution is -0.0632. The molecule has 1 aliphatic heterocycles. The summed E-state index contributed by atoms with van der Waals surface area (Å²) in [6, 6.07) is 1.74. The molecule has 2 heterocycles. The highest BCUT2D eigenvalue weighted by Gasteiger charge is 2.30. The topological polar surface area (TPSA) is 86.9 Å². The van der Waals surface area contributed by atoms with Gasteiger partial charge in [0, 0.05) is 44.4 Å². The molecular formula is C18H28ClN3O4S. The normalized spacial score (nSPS) is 17.3. The Hall–Kier alpha value is -0.900. The number of nitrogens with zero attached hydrogens (tertiary/aromatic N) is 2. The Morgan fingerprint density at radius 3 is 2.78 bits per heavy atom. The van der Waals surface area contributed by atoms with E-state index in [1.165, 1.54) is 18.0 Å². The van der Waals surface area contributed by atoms with Crippen LogP contribution in [0.25, 0.3) is 0 Å². The zero-order valence-electron chi connectivity index (χ0n) is 16.0. The van der Waals surface area contributed by atoms with Gasteiger partial charge in [0.15, 0.2) is 0 Å². The fourth-order valence-corrected chi connectivity index (χ4v) is 4.07. The van der Waals surface area contributed by atoms with Crippen LogP contribution in [-0.4, -0.2) is 73.4 Å². The number of nitrogens with two attached hydrogens (primary N) is 1. The monoisotopic (exact) mass is 417 g/mol. The summed E-state index contributed by atoms with van der Waals surface area (Å²) in [5.41, 5.74) is 5.80. The molecule has 0 radical (unpaired) electrons. The van der Waals surface area contributed by atoms with Crippen LogP contribution in [0, 0.1) is 0 Å². The van der Waals surface area contributed by atoms with Crippen molar-refractivity contribution in [1.82, 2.24) is 9.88 Å². The number of aromatic nitrogens is 1. The second-order valence-corrected chi connectivity index (χ2v) is 7.82. The summed E-state index contributed by atoms with van der Waals surface area (Å²) in [5.74, 6) is -0.0942. The molecule has 9 heteroatoms. The van der Waals surface area contributed by atoms with Crippen molar-refractivity contribution in [3.63, 3.8) is 0 Å². The van der Waals surface area contributed by atoms with Gasteiger partial charge in [-0.05, 0) is 26.3 Å². The maximum absolute atomic E-state index is 12.7. The van der Waals surface area contributed by atoms with Gasteiger partial charge in [-0.25, -0.2) is 4.98 Å². The molecule has 1 aromatic heterocycles. The van der Waals surface area contributed by atoms with Gasteiger partial charge in [0.1, 0.15) is 17.2 Å². The van der Waals surface area contributed by atoms with Crippen molar-refractivity contribution in [3.8, 4) is 0 Å². The molecule has 1 fully saturated rings. The van der Waals surface area contributed by atoms with Crippen LogP contribution in [-0.2, 0) is 14.2 Å². The maximum atomic E-state index is 12.7. The molecule has 1 amide bonds. The Labute approximate surface area is 169 Å². The lowest BCUT2D eigenvalue weighted by Gasteiger charge is -2.32. The highest BCUT2D eigenvalue weighted by molar-refractivity contribution is 8.00. The molecule has 1 saturated heterocycles. The molecule has 27 heavy (non-hydrogen) atoms. The van der Waals surface area contributed by atoms with E-state index in [1.54, 1.807) is 18.1 Å². The first-order valence-electron chi connectivity index (χ1n) is 9.07. The quantitative estimate of drug-likeness (QED) is 0.437. The average Bonchev–Trinajstić information content (AvgIpc) is 2.59. The van der Waals surface area contributed by atoms with Gasteiger partial charge >= 0.3 is 0 Å². The van der Waals surface area contributed by atoms with Crippen molar-refractivity contribution in [2.24, 2.45) is 5.73 Å². The molecule has 0 saturated carbocycles. The highest BCUT2D eigenvalue weighted by Crippen LogP contribution is 2.33. The van der Waals surface area contributed by atoms with Crippen LogP contribution in [0.2, 0.25) is 5.02 Å². The molecule has 3 atom stereocenters. The molecular weight excluding hydrogens is 390 g/mol. The number of thioether (sulfide) groups is 1. The summed E-state index contributed by atoms with van der Waals surface area (Å²) in [7, 11) is 1.59. The van der Waals surface area contributed by atoms with E-state index in [1.807, 2.05) is 13.8 Å². The third kappa shape index (κ3) is 6.30. The molecule has 0 spiro atoms. The SMILES string of the molecule is CCOCC(C)OC(Sc1cc(Cl)cnc1C(=O)N1CCC1)[C@H](CN)OC. The van der Waals surface area contributed by atoms with Crippen molar-refractivity contribution in [2.75, 3.05) is 40.0 Å². The third-order valence-corrected chi connectivity index (χ3v) is 5.59. The first kappa shape index (κ1) is 22.4. The minimum absolute atomic E-state index is 0.0942. The minimum atomic E-state index is -0.432. The fraction of sp³-hybridized carbons (Fsp3) is 0.667. The lowest BCUT2D eigenvalue weighted by atomic mass is 10.2. The summed E-state index contributed by atoms with van der Waals surface area (Å²) >= 11 is 7.49. The number of carbonyl (C=O) groups excluding carboxylic acids is 1. The standard InChI is InChI=1S/C18H28ClN3O4S/c1-4-25-11-12(2)26-18(14(9-20)24-3)27-15-8-13(19)10-21-16(15)17(23)22-6-5-7-22/h8,10,12,14,18H,4-7,9,11,20H2,1-3H3/t12?,14-,18?/m0/s1. The average molecular weight is 418 g/mol. The van der Waals surface area contributed by atoms with Gasteiger partial charge in [-0.2, -0.15) is 0 Å². The van der Waals surface area contributed by atoms with E-state index in [0.717, 1.165) is 19.5 Å². The van der Waals surface area contributed by atoms with E-state index in [9.17, 15) is 4.79 Å². The number of likely N-dealkylation sites (tertiary alicyclic amines) is 1. The Balaban J connectivity index is 2.21. The minimum Gasteiger partial charge on any atom is -0.379 e. The summed E-state index contributed by atoms with van der Waals surface area (Å²) in [5, 5.41) is 0.459. The molecule has 152 valence electrons. The fourth-order valence-electron chi connectivity index (χ4n) is 2.53. The molecule has 1 aromatic rings. The highest BCUT2D eigenvalue weighted by atomic mass is 35.5. The van der Waals surface area contributed by atoms with Gasteiger partial charge in [-0.15, -0.1) is 0 Å². The van der Waals surface area contributed by atoms with Crippen molar-refractivity contribution in [2.45, 2.75) is 42.8 Å². The predicted octanol–water partition coefficient (Wildman–Crippen LogP) is 2.41. The lowest BCUT2D eigenvalue weighted by Crippen LogP contribution is -2.42. The van der Waals surface area contributed by atoms with Gasteiger partial charge in [-0.1, -0.05) is 23.4 Å². The zero-order chi connectivity index (χ0) is 19.8. The number of amides is 1. The van der Waals surface area contributed by atoms with Crippen LogP contribution in [0.1, 0.15) is 30.8 Å². The molecule has 7 nitrogen and oxygen atoms in total. The van der Waals surface area contributed by atoms with Crippen molar-refractivity contribution >= 4 is 29.3 Å². The molecule has 2 N–H and O–H groups in total. The van der Waals surface area contributed by atoms with Crippen molar-refractivity contribution < 1.29 is 19.0 Å². The summed E-state index contributed by atoms with van der Waals surface area (Å²) < 4.78 is 17.0. The van der Waals surface area contributed by atoms with E-state index in [-0.39, 0.29) is 24.7 Å². The van der Waals surface area contributed by atoms with E-state index < -0.39 is 5.44 Å². The number of methoxy groups -OCH3 is 1. The van der Waals surface area contributed by atoms with E-state index >= 15 is 0 Å². The van der Waals surface area contributed by atoms with Gasteiger partial charge in [0.05, 0.1) is 17.7 Å².